The molecular formula is C21H13N5O. The van der Waals surface area contributed by atoms with Crippen LogP contribution in [0, 0.1) is 0 Å². The molecule has 0 N–H and O–H groups in total. The summed E-state index contributed by atoms with van der Waals surface area (Å²) < 4.78 is 5.56. The van der Waals surface area contributed by atoms with E-state index >= 15 is 0 Å². The van der Waals surface area contributed by atoms with E-state index in [9.17, 15) is 0 Å². The molecule has 5 rings (SSSR count). The zero-order valence-electron chi connectivity index (χ0n) is 14.1. The van der Waals surface area contributed by atoms with Crippen molar-refractivity contribution in [2.24, 2.45) is 0 Å². The Morgan fingerprint density at radius 1 is 0.741 bits per heavy atom. The third-order valence-corrected chi connectivity index (χ3v) is 4.24. The Kier molecular flexibility index (Phi) is 3.65. The molecular weight excluding hydrogens is 338 g/mol. The van der Waals surface area contributed by atoms with Crippen LogP contribution in [0.1, 0.15) is 0 Å². The summed E-state index contributed by atoms with van der Waals surface area (Å²) in [6.07, 6.45) is 5.20. The number of hydrogen-bond donors (Lipinski definition) is 0. The van der Waals surface area contributed by atoms with Crippen LogP contribution in [0.4, 0.5) is 0 Å². The number of nitrogens with zero attached hydrogens (tertiary/aromatic N) is 5. The lowest BCUT2D eigenvalue weighted by molar-refractivity contribution is 0.432. The molecule has 0 amide bonds. The van der Waals surface area contributed by atoms with Crippen LogP contribution in [0.2, 0.25) is 0 Å². The molecule has 5 aromatic rings. The van der Waals surface area contributed by atoms with Crippen molar-refractivity contribution in [1.82, 2.24) is 25.1 Å². The Balaban J connectivity index is 1.70. The third kappa shape index (κ3) is 2.83. The maximum Gasteiger partial charge on any atom is 0.259 e. The van der Waals surface area contributed by atoms with Gasteiger partial charge in [0.25, 0.3) is 5.89 Å². The molecule has 0 radical (unpaired) electrons. The van der Waals surface area contributed by atoms with Crippen LogP contribution in [0.25, 0.3) is 45.1 Å². The molecule has 4 heterocycles. The first-order valence-electron chi connectivity index (χ1n) is 8.44. The second-order valence-corrected chi connectivity index (χ2v) is 5.95. The normalized spacial score (nSPS) is 11.0. The Morgan fingerprint density at radius 3 is 2.44 bits per heavy atom. The summed E-state index contributed by atoms with van der Waals surface area (Å²) in [6, 6.07) is 19.3. The number of fused-ring (bicyclic) bond motifs is 1. The largest absolute Gasteiger partial charge is 0.334 e. The smallest absolute Gasteiger partial charge is 0.259 e. The van der Waals surface area contributed by atoms with E-state index in [0.717, 1.165) is 27.7 Å². The van der Waals surface area contributed by atoms with Crippen LogP contribution >= 0.6 is 0 Å². The lowest BCUT2D eigenvalue weighted by atomic mass is 10.0. The Labute approximate surface area is 154 Å². The Morgan fingerprint density at radius 2 is 1.59 bits per heavy atom. The molecule has 0 saturated heterocycles. The first kappa shape index (κ1) is 15.3. The van der Waals surface area contributed by atoms with Gasteiger partial charge >= 0.3 is 0 Å². The molecule has 6 nitrogen and oxygen atoms in total. The van der Waals surface area contributed by atoms with E-state index in [1.165, 1.54) is 0 Å². The minimum absolute atomic E-state index is 0.435. The van der Waals surface area contributed by atoms with Crippen LogP contribution in [-0.2, 0) is 0 Å². The highest BCUT2D eigenvalue weighted by Crippen LogP contribution is 2.31. The highest BCUT2D eigenvalue weighted by atomic mass is 16.5. The first-order chi connectivity index (χ1) is 13.4. The lowest BCUT2D eigenvalue weighted by Gasteiger charge is -2.07. The molecule has 0 spiro atoms. The van der Waals surface area contributed by atoms with Gasteiger partial charge in [0.2, 0.25) is 5.82 Å². The molecule has 0 aliphatic rings. The molecule has 0 fully saturated rings. The second-order valence-electron chi connectivity index (χ2n) is 5.95. The maximum absolute atomic E-state index is 5.56. The molecule has 1 aromatic carbocycles. The van der Waals surface area contributed by atoms with Crippen LogP contribution < -0.4 is 0 Å². The highest BCUT2D eigenvalue weighted by Gasteiger charge is 2.16. The highest BCUT2D eigenvalue weighted by molar-refractivity contribution is 5.94. The molecule has 0 atom stereocenters. The molecule has 0 aliphatic carbocycles. The number of hydrogen-bond acceptors (Lipinski definition) is 6. The topological polar surface area (TPSA) is 77.6 Å². The Hall–Kier alpha value is -3.93. The summed E-state index contributed by atoms with van der Waals surface area (Å²) in [5.41, 5.74) is 4.16. The van der Waals surface area contributed by atoms with Crippen LogP contribution in [0.3, 0.4) is 0 Å². The molecule has 128 valence electrons. The predicted octanol–water partition coefficient (Wildman–Crippen LogP) is 4.41. The van der Waals surface area contributed by atoms with Crippen molar-refractivity contribution in [2.75, 3.05) is 0 Å². The van der Waals surface area contributed by atoms with Crippen molar-refractivity contribution in [3.05, 3.63) is 79.3 Å². The van der Waals surface area contributed by atoms with E-state index in [1.807, 2.05) is 60.7 Å². The third-order valence-electron chi connectivity index (χ3n) is 4.24. The fraction of sp³-hybridized carbons (Fsp3) is 0. The number of aromatic nitrogens is 5. The van der Waals surface area contributed by atoms with Crippen molar-refractivity contribution in [3.8, 4) is 34.2 Å². The van der Waals surface area contributed by atoms with Gasteiger partial charge in [0.15, 0.2) is 0 Å². The first-order valence-corrected chi connectivity index (χ1v) is 8.44. The molecule has 4 aromatic heterocycles. The van der Waals surface area contributed by atoms with E-state index in [0.29, 0.717) is 17.4 Å². The van der Waals surface area contributed by atoms with Crippen molar-refractivity contribution < 1.29 is 4.52 Å². The van der Waals surface area contributed by atoms with E-state index in [-0.39, 0.29) is 0 Å². The Bertz CT molecular complexity index is 1220. The van der Waals surface area contributed by atoms with Gasteiger partial charge in [0.05, 0.1) is 16.8 Å². The molecule has 0 saturated carbocycles. The van der Waals surface area contributed by atoms with Gasteiger partial charge in [-0.25, -0.2) is 4.98 Å². The summed E-state index contributed by atoms with van der Waals surface area (Å²) in [7, 11) is 0. The maximum atomic E-state index is 5.56. The van der Waals surface area contributed by atoms with Crippen molar-refractivity contribution in [1.29, 1.82) is 0 Å². The van der Waals surface area contributed by atoms with Gasteiger partial charge in [-0.2, -0.15) is 4.98 Å². The minimum atomic E-state index is 0.435. The monoisotopic (exact) mass is 351 g/mol. The van der Waals surface area contributed by atoms with E-state index in [4.69, 9.17) is 9.51 Å². The lowest BCUT2D eigenvalue weighted by Crippen LogP contribution is -1.90. The van der Waals surface area contributed by atoms with Gasteiger partial charge in [-0.3, -0.25) is 9.97 Å². The molecule has 0 aliphatic heterocycles. The number of para-hydroxylation sites is 1. The summed E-state index contributed by atoms with van der Waals surface area (Å²) in [4.78, 5) is 17.7. The van der Waals surface area contributed by atoms with Gasteiger partial charge in [-0.05, 0) is 36.4 Å². The zero-order chi connectivity index (χ0) is 18.1. The van der Waals surface area contributed by atoms with Crippen LogP contribution in [0.5, 0.6) is 0 Å². The van der Waals surface area contributed by atoms with Crippen LogP contribution in [0.15, 0.2) is 83.8 Å². The van der Waals surface area contributed by atoms with Crippen molar-refractivity contribution in [2.45, 2.75) is 0 Å². The van der Waals surface area contributed by atoms with Gasteiger partial charge < -0.3 is 4.52 Å². The predicted molar refractivity (Wildman–Crippen MR) is 101 cm³/mol. The van der Waals surface area contributed by atoms with E-state index < -0.39 is 0 Å². The standard InChI is InChI=1S/C21H13N5O/c1-2-6-17-15(5-1)16(13-19(24-17)14-8-11-22-12-9-14)21-25-20(26-27-21)18-7-3-4-10-23-18/h1-13H. The quantitative estimate of drug-likeness (QED) is 0.479. The summed E-state index contributed by atoms with van der Waals surface area (Å²) in [5.74, 6) is 0.890. The molecule has 0 bridgehead atoms. The van der Waals surface area contributed by atoms with Crippen molar-refractivity contribution >= 4 is 10.9 Å². The fourth-order valence-corrected chi connectivity index (χ4v) is 2.95. The zero-order valence-corrected chi connectivity index (χ0v) is 14.1. The SMILES string of the molecule is c1ccc(-c2noc(-c3cc(-c4ccncc4)nc4ccccc34)n2)nc1. The van der Waals surface area contributed by atoms with E-state index in [2.05, 4.69) is 20.1 Å². The minimum Gasteiger partial charge on any atom is -0.334 e. The summed E-state index contributed by atoms with van der Waals surface area (Å²) >= 11 is 0. The number of pyridine rings is 3. The summed E-state index contributed by atoms with van der Waals surface area (Å²) in [5, 5.41) is 5.04. The summed E-state index contributed by atoms with van der Waals surface area (Å²) in [6.45, 7) is 0. The second kappa shape index (κ2) is 6.42. The van der Waals surface area contributed by atoms with E-state index in [1.54, 1.807) is 18.6 Å². The number of rotatable bonds is 3. The number of benzene rings is 1. The van der Waals surface area contributed by atoms with Crippen molar-refractivity contribution in [3.63, 3.8) is 0 Å². The fourth-order valence-electron chi connectivity index (χ4n) is 2.95. The average molecular weight is 351 g/mol. The molecule has 0 unspecified atom stereocenters. The van der Waals surface area contributed by atoms with Gasteiger partial charge in [-0.1, -0.05) is 29.4 Å². The van der Waals surface area contributed by atoms with Gasteiger partial charge in [0.1, 0.15) is 5.69 Å². The van der Waals surface area contributed by atoms with Gasteiger partial charge in [0, 0.05) is 29.5 Å². The van der Waals surface area contributed by atoms with Crippen LogP contribution in [-0.4, -0.2) is 25.1 Å². The molecule has 27 heavy (non-hydrogen) atoms. The molecule has 6 heteroatoms. The average Bonchev–Trinajstić information content (AvgIpc) is 3.24. The van der Waals surface area contributed by atoms with Gasteiger partial charge in [-0.15, -0.1) is 0 Å².